The summed E-state index contributed by atoms with van der Waals surface area (Å²) in [5, 5.41) is 19.3. The lowest BCUT2D eigenvalue weighted by atomic mass is 10.2. The molecule has 0 spiro atoms. The van der Waals surface area contributed by atoms with Gasteiger partial charge in [-0.1, -0.05) is 6.07 Å². The van der Waals surface area contributed by atoms with Crippen LogP contribution in [0, 0.1) is 0 Å². The van der Waals surface area contributed by atoms with E-state index in [2.05, 4.69) is 15.0 Å². The molecule has 3 rings (SSSR count). The molecule has 19 heavy (non-hydrogen) atoms. The fourth-order valence-electron chi connectivity index (χ4n) is 1.84. The van der Waals surface area contributed by atoms with Crippen molar-refractivity contribution in [1.82, 2.24) is 15.0 Å². The van der Waals surface area contributed by atoms with Gasteiger partial charge in [0.05, 0.1) is 18.2 Å². The number of rotatable bonds is 2. The zero-order chi connectivity index (χ0) is 13.4. The number of aromatic nitrogens is 3. The number of nitrogens with one attached hydrogen (secondary N) is 1. The van der Waals surface area contributed by atoms with Crippen molar-refractivity contribution >= 4 is 11.2 Å². The molecule has 3 N–H and O–H groups in total. The van der Waals surface area contributed by atoms with Gasteiger partial charge >= 0.3 is 0 Å². The second kappa shape index (κ2) is 4.16. The van der Waals surface area contributed by atoms with Crippen LogP contribution in [0.5, 0.6) is 17.4 Å². The van der Waals surface area contributed by atoms with Crippen LogP contribution in [0.2, 0.25) is 0 Å². The second-order valence-corrected chi connectivity index (χ2v) is 3.98. The summed E-state index contributed by atoms with van der Waals surface area (Å²) in [6.07, 6.45) is 0. The van der Waals surface area contributed by atoms with Crippen LogP contribution >= 0.6 is 0 Å². The Bertz CT molecular complexity index is 752. The first-order valence-electron chi connectivity index (χ1n) is 5.61. The normalized spacial score (nSPS) is 10.8. The van der Waals surface area contributed by atoms with E-state index in [1.807, 2.05) is 0 Å². The Morgan fingerprint density at radius 1 is 1.11 bits per heavy atom. The molecular weight excluding hydrogens is 246 g/mol. The number of imidazole rings is 1. The van der Waals surface area contributed by atoms with E-state index in [1.54, 1.807) is 24.3 Å². The van der Waals surface area contributed by atoms with Crippen LogP contribution in [0.4, 0.5) is 0 Å². The Morgan fingerprint density at radius 2 is 1.95 bits per heavy atom. The number of phenolic OH excluding ortho intramolecular Hbond substituents is 2. The largest absolute Gasteiger partial charge is 0.504 e. The summed E-state index contributed by atoms with van der Waals surface area (Å²) in [5.41, 5.74) is 1.62. The zero-order valence-corrected chi connectivity index (χ0v) is 10.1. The maximum Gasteiger partial charge on any atom is 0.215 e. The third kappa shape index (κ3) is 1.83. The van der Waals surface area contributed by atoms with Crippen LogP contribution in [0.15, 0.2) is 30.3 Å². The van der Waals surface area contributed by atoms with Crippen molar-refractivity contribution in [2.75, 3.05) is 7.11 Å². The molecule has 0 bridgehead atoms. The minimum absolute atomic E-state index is 0.191. The van der Waals surface area contributed by atoms with Crippen LogP contribution < -0.4 is 4.74 Å². The first-order valence-corrected chi connectivity index (χ1v) is 5.61. The van der Waals surface area contributed by atoms with Gasteiger partial charge in [0.25, 0.3) is 0 Å². The Balaban J connectivity index is 2.18. The predicted molar refractivity (Wildman–Crippen MR) is 69.2 cm³/mol. The van der Waals surface area contributed by atoms with E-state index in [0.29, 0.717) is 22.9 Å². The van der Waals surface area contributed by atoms with Gasteiger partial charge in [-0.25, -0.2) is 4.98 Å². The Hall–Kier alpha value is -2.76. The first kappa shape index (κ1) is 11.3. The summed E-state index contributed by atoms with van der Waals surface area (Å²) < 4.78 is 5.03. The van der Waals surface area contributed by atoms with Crippen molar-refractivity contribution in [1.29, 1.82) is 0 Å². The van der Waals surface area contributed by atoms with Gasteiger partial charge in [-0.05, 0) is 18.2 Å². The standard InChI is InChI=1S/C13H11N3O3/c1-19-10-6-5-8-13(15-10)16-12(14-8)7-3-2-4-9(17)11(7)18/h2-6,17-18H,1H3,(H,14,15,16). The lowest BCUT2D eigenvalue weighted by Crippen LogP contribution is -1.86. The summed E-state index contributed by atoms with van der Waals surface area (Å²) in [4.78, 5) is 11.5. The number of phenols is 2. The SMILES string of the molecule is COc1ccc2[nH]c(-c3cccc(O)c3O)nc2n1. The molecule has 2 aromatic heterocycles. The number of benzene rings is 1. The third-order valence-corrected chi connectivity index (χ3v) is 2.80. The number of nitrogens with zero attached hydrogens (tertiary/aromatic N) is 2. The van der Waals surface area contributed by atoms with E-state index in [-0.39, 0.29) is 11.5 Å². The molecule has 0 radical (unpaired) electrons. The van der Waals surface area contributed by atoms with Crippen molar-refractivity contribution in [3.8, 4) is 28.8 Å². The maximum atomic E-state index is 9.82. The highest BCUT2D eigenvalue weighted by atomic mass is 16.5. The highest BCUT2D eigenvalue weighted by Crippen LogP contribution is 2.35. The number of H-pyrrole nitrogens is 1. The number of hydrogen-bond acceptors (Lipinski definition) is 5. The molecule has 96 valence electrons. The Morgan fingerprint density at radius 3 is 2.74 bits per heavy atom. The molecular formula is C13H11N3O3. The van der Waals surface area contributed by atoms with Gasteiger partial charge in [0.15, 0.2) is 17.1 Å². The molecule has 0 atom stereocenters. The predicted octanol–water partition coefficient (Wildman–Crippen LogP) is 2.04. The number of methoxy groups -OCH3 is 1. The molecule has 0 aliphatic carbocycles. The van der Waals surface area contributed by atoms with Gasteiger partial charge in [0.1, 0.15) is 5.82 Å². The summed E-state index contributed by atoms with van der Waals surface area (Å²) in [7, 11) is 1.53. The molecule has 0 aliphatic heterocycles. The minimum atomic E-state index is -0.214. The van der Waals surface area contributed by atoms with Crippen molar-refractivity contribution in [2.24, 2.45) is 0 Å². The molecule has 6 nitrogen and oxygen atoms in total. The molecule has 1 aromatic carbocycles. The molecule has 0 unspecified atom stereocenters. The lowest BCUT2D eigenvalue weighted by molar-refractivity contribution is 0.399. The zero-order valence-electron chi connectivity index (χ0n) is 10.1. The van der Waals surface area contributed by atoms with Crippen LogP contribution in [0.25, 0.3) is 22.6 Å². The van der Waals surface area contributed by atoms with Gasteiger partial charge in [-0.2, -0.15) is 4.98 Å². The van der Waals surface area contributed by atoms with Gasteiger partial charge in [0.2, 0.25) is 5.88 Å². The number of aromatic amines is 1. The number of hydrogen-bond donors (Lipinski definition) is 3. The van der Waals surface area contributed by atoms with Crippen LogP contribution in [-0.2, 0) is 0 Å². The summed E-state index contributed by atoms with van der Waals surface area (Å²) in [6.45, 7) is 0. The fourth-order valence-corrected chi connectivity index (χ4v) is 1.84. The lowest BCUT2D eigenvalue weighted by Gasteiger charge is -2.02. The Kier molecular flexibility index (Phi) is 2.49. The van der Waals surface area contributed by atoms with Gasteiger partial charge in [-0.3, -0.25) is 0 Å². The number of fused-ring (bicyclic) bond motifs is 1. The van der Waals surface area contributed by atoms with E-state index in [9.17, 15) is 10.2 Å². The molecule has 2 heterocycles. The molecule has 0 saturated carbocycles. The van der Waals surface area contributed by atoms with E-state index in [1.165, 1.54) is 13.2 Å². The molecule has 0 fully saturated rings. The van der Waals surface area contributed by atoms with Crippen LogP contribution in [0.1, 0.15) is 0 Å². The monoisotopic (exact) mass is 257 g/mol. The van der Waals surface area contributed by atoms with Crippen molar-refractivity contribution in [3.63, 3.8) is 0 Å². The van der Waals surface area contributed by atoms with Crippen LogP contribution in [-0.4, -0.2) is 32.3 Å². The molecule has 0 saturated heterocycles. The first-order chi connectivity index (χ1) is 9.19. The highest BCUT2D eigenvalue weighted by molar-refractivity contribution is 5.78. The fraction of sp³-hybridized carbons (Fsp3) is 0.0769. The summed E-state index contributed by atoms with van der Waals surface area (Å²) in [5.74, 6) is 0.492. The topological polar surface area (TPSA) is 91.3 Å². The number of pyridine rings is 1. The van der Waals surface area contributed by atoms with Gasteiger partial charge < -0.3 is 19.9 Å². The highest BCUT2D eigenvalue weighted by Gasteiger charge is 2.13. The van der Waals surface area contributed by atoms with Crippen molar-refractivity contribution in [2.45, 2.75) is 0 Å². The van der Waals surface area contributed by atoms with E-state index < -0.39 is 0 Å². The summed E-state index contributed by atoms with van der Waals surface area (Å²) in [6, 6.07) is 8.20. The number of ether oxygens (including phenoxy) is 1. The smallest absolute Gasteiger partial charge is 0.215 e. The quantitative estimate of drug-likeness (QED) is 0.611. The number of para-hydroxylation sites is 1. The second-order valence-electron chi connectivity index (χ2n) is 3.98. The van der Waals surface area contributed by atoms with Crippen LogP contribution in [0.3, 0.4) is 0 Å². The Labute approximate surface area is 108 Å². The minimum Gasteiger partial charge on any atom is -0.504 e. The summed E-state index contributed by atoms with van der Waals surface area (Å²) >= 11 is 0. The third-order valence-electron chi connectivity index (χ3n) is 2.80. The van der Waals surface area contributed by atoms with E-state index >= 15 is 0 Å². The average molecular weight is 257 g/mol. The average Bonchev–Trinajstić information content (AvgIpc) is 2.84. The number of aromatic hydroxyl groups is 2. The molecule has 3 aromatic rings. The van der Waals surface area contributed by atoms with Gasteiger partial charge in [-0.15, -0.1) is 0 Å². The molecule has 0 amide bonds. The van der Waals surface area contributed by atoms with Crippen molar-refractivity contribution < 1.29 is 14.9 Å². The molecule has 0 aliphatic rings. The van der Waals surface area contributed by atoms with Crippen molar-refractivity contribution in [3.05, 3.63) is 30.3 Å². The van der Waals surface area contributed by atoms with E-state index in [4.69, 9.17) is 4.74 Å². The molecule has 6 heteroatoms. The van der Waals surface area contributed by atoms with Gasteiger partial charge in [0, 0.05) is 6.07 Å². The van der Waals surface area contributed by atoms with E-state index in [0.717, 1.165) is 5.52 Å². The maximum absolute atomic E-state index is 9.82.